The van der Waals surface area contributed by atoms with Gasteiger partial charge in [-0.15, -0.1) is 0 Å². The monoisotopic (exact) mass is 280 g/mol. The minimum absolute atomic E-state index is 0.0505. The third-order valence-corrected chi connectivity index (χ3v) is 5.03. The van der Waals surface area contributed by atoms with Crippen LogP contribution in [0.5, 0.6) is 0 Å². The van der Waals surface area contributed by atoms with Crippen molar-refractivity contribution in [3.05, 3.63) is 0 Å². The molecule has 2 aliphatic rings. The molecule has 1 aliphatic carbocycles. The summed E-state index contributed by atoms with van der Waals surface area (Å²) in [4.78, 5) is 27.3. The highest BCUT2D eigenvalue weighted by Gasteiger charge is 2.50. The molecule has 4 heteroatoms. The lowest BCUT2D eigenvalue weighted by atomic mass is 9.79. The lowest BCUT2D eigenvalue weighted by Crippen LogP contribution is -2.71. The van der Waals surface area contributed by atoms with E-state index in [9.17, 15) is 9.59 Å². The maximum Gasteiger partial charge on any atom is 0.248 e. The molecule has 4 nitrogen and oxygen atoms in total. The van der Waals surface area contributed by atoms with Crippen molar-refractivity contribution >= 4 is 11.8 Å². The number of hydrogen-bond acceptors (Lipinski definition) is 2. The Labute approximate surface area is 122 Å². The second-order valence-electron chi connectivity index (χ2n) is 6.82. The lowest BCUT2D eigenvalue weighted by molar-refractivity contribution is -0.159. The predicted octanol–water partition coefficient (Wildman–Crippen LogP) is 2.47. The Morgan fingerprint density at radius 2 is 1.85 bits per heavy atom. The molecule has 1 saturated heterocycles. The van der Waals surface area contributed by atoms with E-state index in [-0.39, 0.29) is 23.9 Å². The van der Waals surface area contributed by atoms with E-state index in [0.29, 0.717) is 12.3 Å². The van der Waals surface area contributed by atoms with Gasteiger partial charge in [0.25, 0.3) is 0 Å². The van der Waals surface area contributed by atoms with Gasteiger partial charge in [-0.1, -0.05) is 26.2 Å². The lowest BCUT2D eigenvalue weighted by Gasteiger charge is -2.49. The van der Waals surface area contributed by atoms with E-state index in [1.54, 1.807) is 0 Å². The molecule has 114 valence electrons. The molecule has 1 aliphatic heterocycles. The Hall–Kier alpha value is -1.06. The van der Waals surface area contributed by atoms with Crippen molar-refractivity contribution < 1.29 is 9.59 Å². The minimum Gasteiger partial charge on any atom is -0.340 e. The molecular formula is C16H28N2O2. The summed E-state index contributed by atoms with van der Waals surface area (Å²) in [7, 11) is 0. The number of nitrogens with one attached hydrogen (secondary N) is 1. The highest BCUT2D eigenvalue weighted by Crippen LogP contribution is 2.34. The minimum atomic E-state index is -0.730. The van der Waals surface area contributed by atoms with Gasteiger partial charge in [0.15, 0.2) is 0 Å². The van der Waals surface area contributed by atoms with Gasteiger partial charge in [0.2, 0.25) is 11.8 Å². The van der Waals surface area contributed by atoms with Gasteiger partial charge < -0.3 is 10.2 Å². The summed E-state index contributed by atoms with van der Waals surface area (Å²) in [5.41, 5.74) is -0.730. The Morgan fingerprint density at radius 3 is 2.35 bits per heavy atom. The molecule has 20 heavy (non-hydrogen) atoms. The van der Waals surface area contributed by atoms with Gasteiger partial charge in [-0.2, -0.15) is 0 Å². The van der Waals surface area contributed by atoms with Crippen molar-refractivity contribution in [2.45, 2.75) is 83.8 Å². The van der Waals surface area contributed by atoms with Gasteiger partial charge >= 0.3 is 0 Å². The zero-order valence-electron chi connectivity index (χ0n) is 13.2. The van der Waals surface area contributed by atoms with E-state index in [2.05, 4.69) is 5.32 Å². The second kappa shape index (κ2) is 5.74. The molecule has 0 bridgehead atoms. The highest BCUT2D eigenvalue weighted by atomic mass is 16.2. The zero-order chi connectivity index (χ0) is 14.9. The van der Waals surface area contributed by atoms with Crippen LogP contribution in [0.3, 0.4) is 0 Å². The summed E-state index contributed by atoms with van der Waals surface area (Å²) in [6.07, 6.45) is 6.39. The number of amides is 2. The molecule has 0 aromatic rings. The van der Waals surface area contributed by atoms with Gasteiger partial charge in [0, 0.05) is 6.04 Å². The van der Waals surface area contributed by atoms with Crippen molar-refractivity contribution in [2.75, 3.05) is 0 Å². The molecule has 2 amide bonds. The van der Waals surface area contributed by atoms with Crippen molar-refractivity contribution in [1.29, 1.82) is 0 Å². The summed E-state index contributed by atoms with van der Waals surface area (Å²) in [6, 6.07) is -0.186. The molecule has 2 atom stereocenters. The highest BCUT2D eigenvalue weighted by molar-refractivity contribution is 5.99. The number of nitrogens with zero attached hydrogens (tertiary/aromatic N) is 1. The maximum absolute atomic E-state index is 12.8. The van der Waals surface area contributed by atoms with Gasteiger partial charge in [-0.3, -0.25) is 9.59 Å². The number of piperazine rings is 1. The smallest absolute Gasteiger partial charge is 0.248 e. The van der Waals surface area contributed by atoms with E-state index in [1.807, 2.05) is 32.6 Å². The fraction of sp³-hybridized carbons (Fsp3) is 0.875. The van der Waals surface area contributed by atoms with Gasteiger partial charge in [-0.25, -0.2) is 0 Å². The van der Waals surface area contributed by atoms with Crippen LogP contribution in [0.1, 0.15) is 66.2 Å². The summed E-state index contributed by atoms with van der Waals surface area (Å²) in [5.74, 6) is 0.469. The topological polar surface area (TPSA) is 49.4 Å². The van der Waals surface area contributed by atoms with Crippen LogP contribution in [-0.4, -0.2) is 34.3 Å². The van der Waals surface area contributed by atoms with Crippen LogP contribution >= 0.6 is 0 Å². The first-order valence-electron chi connectivity index (χ1n) is 8.05. The van der Waals surface area contributed by atoms with Gasteiger partial charge in [0.1, 0.15) is 11.6 Å². The van der Waals surface area contributed by atoms with Crippen LogP contribution in [0.4, 0.5) is 0 Å². The molecule has 1 saturated carbocycles. The third-order valence-electron chi connectivity index (χ3n) is 5.03. The normalized spacial score (nSPS) is 32.6. The van der Waals surface area contributed by atoms with Gasteiger partial charge in [0.05, 0.1) is 0 Å². The van der Waals surface area contributed by atoms with Gasteiger partial charge in [-0.05, 0) is 46.0 Å². The average molecular weight is 280 g/mol. The Morgan fingerprint density at radius 1 is 1.25 bits per heavy atom. The van der Waals surface area contributed by atoms with E-state index < -0.39 is 5.54 Å². The predicted molar refractivity (Wildman–Crippen MR) is 79.2 cm³/mol. The van der Waals surface area contributed by atoms with Crippen LogP contribution in [0.2, 0.25) is 0 Å². The average Bonchev–Trinajstić information content (AvgIpc) is 2.43. The first kappa shape index (κ1) is 15.3. The van der Waals surface area contributed by atoms with Crippen molar-refractivity contribution in [2.24, 2.45) is 5.92 Å². The van der Waals surface area contributed by atoms with Crippen LogP contribution in [0.25, 0.3) is 0 Å². The molecule has 0 aromatic carbocycles. The largest absolute Gasteiger partial charge is 0.340 e. The van der Waals surface area contributed by atoms with Crippen LogP contribution in [-0.2, 0) is 9.59 Å². The molecular weight excluding hydrogens is 252 g/mol. The summed E-state index contributed by atoms with van der Waals surface area (Å²) < 4.78 is 0. The van der Waals surface area contributed by atoms with Crippen molar-refractivity contribution in [3.63, 3.8) is 0 Å². The number of hydrogen-bond donors (Lipinski definition) is 1. The molecule has 2 fully saturated rings. The fourth-order valence-electron chi connectivity index (χ4n) is 3.62. The maximum atomic E-state index is 12.8. The SMILES string of the molecule is CCC1(C)NC(=O)C(C2CCCCC2)N(C(C)C)C1=O. The van der Waals surface area contributed by atoms with Crippen LogP contribution in [0.15, 0.2) is 0 Å². The number of carbonyl (C=O) groups excluding carboxylic acids is 2. The molecule has 0 spiro atoms. The first-order valence-corrected chi connectivity index (χ1v) is 8.05. The Kier molecular flexibility index (Phi) is 4.40. The summed E-state index contributed by atoms with van der Waals surface area (Å²) >= 11 is 0. The third kappa shape index (κ3) is 2.57. The van der Waals surface area contributed by atoms with Crippen molar-refractivity contribution in [3.8, 4) is 0 Å². The van der Waals surface area contributed by atoms with E-state index >= 15 is 0 Å². The molecule has 2 unspecified atom stereocenters. The van der Waals surface area contributed by atoms with Crippen LogP contribution in [0, 0.1) is 5.92 Å². The number of carbonyl (C=O) groups is 2. The van der Waals surface area contributed by atoms with E-state index in [4.69, 9.17) is 0 Å². The summed E-state index contributed by atoms with van der Waals surface area (Å²) in [5, 5.41) is 2.99. The Bertz CT molecular complexity index is 388. The van der Waals surface area contributed by atoms with Crippen molar-refractivity contribution in [1.82, 2.24) is 10.2 Å². The van der Waals surface area contributed by atoms with Crippen LogP contribution < -0.4 is 5.32 Å². The zero-order valence-corrected chi connectivity index (χ0v) is 13.2. The Balaban J connectivity index is 2.30. The molecule has 2 rings (SSSR count). The van der Waals surface area contributed by atoms with E-state index in [1.165, 1.54) is 19.3 Å². The second-order valence-corrected chi connectivity index (χ2v) is 6.82. The summed E-state index contributed by atoms with van der Waals surface area (Å²) in [6.45, 7) is 7.84. The fourth-order valence-corrected chi connectivity index (χ4v) is 3.62. The first-order chi connectivity index (χ1) is 9.40. The molecule has 1 N–H and O–H groups in total. The quantitative estimate of drug-likeness (QED) is 0.863. The standard InChI is InChI=1S/C16H28N2O2/c1-5-16(4)15(20)18(11(2)3)13(14(19)17-16)12-9-7-6-8-10-12/h11-13H,5-10H2,1-4H3,(H,17,19). The number of rotatable bonds is 3. The molecule has 1 heterocycles. The van der Waals surface area contributed by atoms with E-state index in [0.717, 1.165) is 12.8 Å². The molecule has 0 aromatic heterocycles. The molecule has 0 radical (unpaired) electrons.